The van der Waals surface area contributed by atoms with Gasteiger partial charge in [0.2, 0.25) is 0 Å². The summed E-state index contributed by atoms with van der Waals surface area (Å²) in [5.74, 6) is 1.33. The van der Waals surface area contributed by atoms with E-state index in [1.165, 1.54) is 83.2 Å². The van der Waals surface area contributed by atoms with E-state index >= 15 is 0 Å². The van der Waals surface area contributed by atoms with Gasteiger partial charge in [0.25, 0.3) is 0 Å². The molecule has 0 radical (unpaired) electrons. The highest BCUT2D eigenvalue weighted by Gasteiger charge is 2.38. The Morgan fingerprint density at radius 1 is 1.05 bits per heavy atom. The SMILES string of the molecule is CC1CC(NCC2(N3CCCCC3)CCCCC2)CS1. The summed E-state index contributed by atoms with van der Waals surface area (Å²) in [5.41, 5.74) is 0.509. The maximum atomic E-state index is 3.96. The summed E-state index contributed by atoms with van der Waals surface area (Å²) in [6.07, 6.45) is 12.9. The standard InChI is InChI=1S/C17H32N2S/c1-15-12-16(13-20-15)18-14-17(8-4-2-5-9-17)19-10-6-3-7-11-19/h15-16,18H,2-14H2,1H3. The summed E-state index contributed by atoms with van der Waals surface area (Å²) in [7, 11) is 0. The van der Waals surface area contributed by atoms with E-state index in [0.29, 0.717) is 5.54 Å². The van der Waals surface area contributed by atoms with Crippen LogP contribution in [0.4, 0.5) is 0 Å². The average Bonchev–Trinajstić information content (AvgIpc) is 2.93. The van der Waals surface area contributed by atoms with E-state index in [1.807, 2.05) is 0 Å². The number of hydrogen-bond acceptors (Lipinski definition) is 3. The van der Waals surface area contributed by atoms with Gasteiger partial charge in [-0.1, -0.05) is 32.6 Å². The monoisotopic (exact) mass is 296 g/mol. The molecule has 2 heterocycles. The first-order valence-corrected chi connectivity index (χ1v) is 9.93. The third-order valence-electron chi connectivity index (χ3n) is 5.73. The fourth-order valence-electron chi connectivity index (χ4n) is 4.48. The number of hydrogen-bond donors (Lipinski definition) is 1. The number of rotatable bonds is 4. The Labute approximate surface area is 129 Å². The minimum Gasteiger partial charge on any atom is -0.311 e. The Kier molecular flexibility index (Phi) is 5.33. The molecular weight excluding hydrogens is 264 g/mol. The third-order valence-corrected chi connectivity index (χ3v) is 7.09. The molecule has 2 aliphatic heterocycles. The predicted octanol–water partition coefficient (Wildman–Crippen LogP) is 3.66. The molecule has 20 heavy (non-hydrogen) atoms. The second-order valence-electron chi connectivity index (χ2n) is 7.29. The van der Waals surface area contributed by atoms with Gasteiger partial charge < -0.3 is 5.32 Å². The molecule has 0 spiro atoms. The smallest absolute Gasteiger partial charge is 0.0334 e. The van der Waals surface area contributed by atoms with Crippen molar-refractivity contribution < 1.29 is 0 Å². The fraction of sp³-hybridized carbons (Fsp3) is 1.00. The molecule has 3 heteroatoms. The maximum absolute atomic E-state index is 3.96. The molecule has 0 amide bonds. The van der Waals surface area contributed by atoms with Crippen molar-refractivity contribution in [1.82, 2.24) is 10.2 Å². The first-order chi connectivity index (χ1) is 9.78. The third kappa shape index (κ3) is 3.53. The molecule has 2 atom stereocenters. The zero-order valence-corrected chi connectivity index (χ0v) is 14.0. The Morgan fingerprint density at radius 3 is 2.40 bits per heavy atom. The Balaban J connectivity index is 1.59. The molecule has 1 aliphatic carbocycles. The van der Waals surface area contributed by atoms with Gasteiger partial charge in [-0.2, -0.15) is 11.8 Å². The molecule has 0 bridgehead atoms. The van der Waals surface area contributed by atoms with Crippen LogP contribution in [0.1, 0.15) is 64.7 Å². The lowest BCUT2D eigenvalue weighted by Gasteiger charge is -2.49. The molecular formula is C17H32N2S. The first kappa shape index (κ1) is 15.2. The van der Waals surface area contributed by atoms with Crippen LogP contribution in [-0.2, 0) is 0 Å². The van der Waals surface area contributed by atoms with E-state index in [4.69, 9.17) is 0 Å². The molecule has 3 rings (SSSR count). The number of piperidine rings is 1. The van der Waals surface area contributed by atoms with Crippen molar-refractivity contribution in [3.63, 3.8) is 0 Å². The minimum atomic E-state index is 0.509. The Morgan fingerprint density at radius 2 is 1.75 bits per heavy atom. The van der Waals surface area contributed by atoms with Crippen LogP contribution in [0.3, 0.4) is 0 Å². The Hall–Kier alpha value is 0.270. The molecule has 2 unspecified atom stereocenters. The number of thioether (sulfide) groups is 1. The molecule has 2 nitrogen and oxygen atoms in total. The summed E-state index contributed by atoms with van der Waals surface area (Å²) in [5, 5.41) is 4.82. The highest BCUT2D eigenvalue weighted by Crippen LogP contribution is 2.36. The van der Waals surface area contributed by atoms with Crippen LogP contribution in [0.25, 0.3) is 0 Å². The first-order valence-electron chi connectivity index (χ1n) is 8.89. The van der Waals surface area contributed by atoms with Gasteiger partial charge in [-0.25, -0.2) is 0 Å². The van der Waals surface area contributed by atoms with E-state index in [2.05, 4.69) is 28.9 Å². The van der Waals surface area contributed by atoms with Crippen molar-refractivity contribution in [2.45, 2.75) is 81.5 Å². The van der Waals surface area contributed by atoms with Crippen LogP contribution in [0, 0.1) is 0 Å². The molecule has 1 saturated carbocycles. The van der Waals surface area contributed by atoms with E-state index in [0.717, 1.165) is 11.3 Å². The van der Waals surface area contributed by atoms with Gasteiger partial charge in [0.15, 0.2) is 0 Å². The van der Waals surface area contributed by atoms with Gasteiger partial charge in [0, 0.05) is 29.1 Å². The molecule has 0 aromatic carbocycles. The fourth-order valence-corrected chi connectivity index (χ4v) is 5.66. The van der Waals surface area contributed by atoms with E-state index in [1.54, 1.807) is 0 Å². The van der Waals surface area contributed by atoms with Gasteiger partial charge in [-0.05, 0) is 45.2 Å². The number of likely N-dealkylation sites (tertiary alicyclic amines) is 1. The molecule has 0 aromatic rings. The summed E-state index contributed by atoms with van der Waals surface area (Å²) in [4.78, 5) is 2.87. The molecule has 0 aromatic heterocycles. The normalized spacial score (nSPS) is 35.2. The van der Waals surface area contributed by atoms with Gasteiger partial charge in [0.05, 0.1) is 0 Å². The molecule has 1 N–H and O–H groups in total. The highest BCUT2D eigenvalue weighted by atomic mass is 32.2. The van der Waals surface area contributed by atoms with Crippen LogP contribution in [0.15, 0.2) is 0 Å². The second-order valence-corrected chi connectivity index (χ2v) is 8.76. The number of nitrogens with zero attached hydrogens (tertiary/aromatic N) is 1. The zero-order valence-electron chi connectivity index (χ0n) is 13.2. The molecule has 2 saturated heterocycles. The van der Waals surface area contributed by atoms with Gasteiger partial charge in [-0.3, -0.25) is 4.90 Å². The van der Waals surface area contributed by atoms with E-state index < -0.39 is 0 Å². The van der Waals surface area contributed by atoms with Crippen LogP contribution >= 0.6 is 11.8 Å². The lowest BCUT2D eigenvalue weighted by Crippen LogP contribution is -2.58. The second kappa shape index (κ2) is 7.02. The molecule has 3 aliphatic rings. The predicted molar refractivity (Wildman–Crippen MR) is 89.6 cm³/mol. The quantitative estimate of drug-likeness (QED) is 0.852. The van der Waals surface area contributed by atoms with Crippen LogP contribution < -0.4 is 5.32 Å². The van der Waals surface area contributed by atoms with E-state index in [-0.39, 0.29) is 0 Å². The Bertz CT molecular complexity index is 295. The largest absolute Gasteiger partial charge is 0.311 e. The molecule has 3 fully saturated rings. The summed E-state index contributed by atoms with van der Waals surface area (Å²) < 4.78 is 0. The summed E-state index contributed by atoms with van der Waals surface area (Å²) in [6, 6.07) is 0.776. The molecule has 116 valence electrons. The number of nitrogens with one attached hydrogen (secondary N) is 1. The lowest BCUT2D eigenvalue weighted by molar-refractivity contribution is 0.0318. The summed E-state index contributed by atoms with van der Waals surface area (Å²) in [6.45, 7) is 6.35. The van der Waals surface area contributed by atoms with Crippen molar-refractivity contribution in [3.8, 4) is 0 Å². The van der Waals surface area contributed by atoms with Crippen LogP contribution in [-0.4, -0.2) is 47.1 Å². The highest BCUT2D eigenvalue weighted by molar-refractivity contribution is 8.00. The van der Waals surface area contributed by atoms with Crippen molar-refractivity contribution in [1.29, 1.82) is 0 Å². The van der Waals surface area contributed by atoms with Crippen molar-refractivity contribution in [2.75, 3.05) is 25.4 Å². The van der Waals surface area contributed by atoms with Crippen LogP contribution in [0.2, 0.25) is 0 Å². The maximum Gasteiger partial charge on any atom is 0.0334 e. The van der Waals surface area contributed by atoms with Crippen LogP contribution in [0.5, 0.6) is 0 Å². The van der Waals surface area contributed by atoms with Gasteiger partial charge in [0.1, 0.15) is 0 Å². The van der Waals surface area contributed by atoms with E-state index in [9.17, 15) is 0 Å². The van der Waals surface area contributed by atoms with Gasteiger partial charge in [-0.15, -0.1) is 0 Å². The topological polar surface area (TPSA) is 15.3 Å². The van der Waals surface area contributed by atoms with Gasteiger partial charge >= 0.3 is 0 Å². The minimum absolute atomic E-state index is 0.509. The lowest BCUT2D eigenvalue weighted by atomic mass is 9.79. The van der Waals surface area contributed by atoms with Crippen molar-refractivity contribution in [2.24, 2.45) is 0 Å². The van der Waals surface area contributed by atoms with Crippen molar-refractivity contribution >= 4 is 11.8 Å². The summed E-state index contributed by atoms with van der Waals surface area (Å²) >= 11 is 2.15. The van der Waals surface area contributed by atoms with Crippen molar-refractivity contribution in [3.05, 3.63) is 0 Å². The zero-order chi connectivity index (χ0) is 13.8. The average molecular weight is 297 g/mol.